The van der Waals surface area contributed by atoms with Crippen LogP contribution in [0.5, 0.6) is 5.75 Å². The summed E-state index contributed by atoms with van der Waals surface area (Å²) >= 11 is 6.05. The van der Waals surface area contributed by atoms with Crippen molar-refractivity contribution in [2.75, 3.05) is 12.4 Å². The van der Waals surface area contributed by atoms with Gasteiger partial charge in [-0.05, 0) is 36.4 Å². The summed E-state index contributed by atoms with van der Waals surface area (Å²) in [6.45, 7) is 0. The highest BCUT2D eigenvalue weighted by molar-refractivity contribution is 6.33. The number of hydrogen-bond acceptors (Lipinski definition) is 5. The number of aryl methyl sites for hydroxylation is 1. The Balaban J connectivity index is 1.70. The van der Waals surface area contributed by atoms with Gasteiger partial charge in [-0.1, -0.05) is 11.6 Å². The molecule has 0 aliphatic carbocycles. The maximum absolute atomic E-state index is 13.8. The lowest BCUT2D eigenvalue weighted by Gasteiger charge is -2.13. The molecule has 2 aromatic carbocycles. The fourth-order valence-electron chi connectivity index (χ4n) is 3.30. The zero-order chi connectivity index (χ0) is 27.6. The lowest BCUT2D eigenvalue weighted by atomic mass is 10.1. The standard InChI is InChI=1S/C23H17ClF5N7O2/c1-36-10-13(20(35-36)23(27,28)29)21(37)32-22(30-16-6-4-12(25)8-14(16)24)31-19-9-17(33-34-19)11-3-5-15(26)18(7-11)38-2/h3-10H,1-2H3,(H3,30,31,32,33,34,37). The highest BCUT2D eigenvalue weighted by Gasteiger charge is 2.39. The summed E-state index contributed by atoms with van der Waals surface area (Å²) in [6.07, 6.45) is -4.00. The van der Waals surface area contributed by atoms with Crippen molar-refractivity contribution in [2.45, 2.75) is 6.18 Å². The first-order chi connectivity index (χ1) is 17.9. The molecule has 2 aromatic heterocycles. The van der Waals surface area contributed by atoms with Gasteiger partial charge in [0.05, 0.1) is 29.1 Å². The number of aliphatic imine (C=N–C) groups is 1. The van der Waals surface area contributed by atoms with Crippen LogP contribution in [0.15, 0.2) is 53.7 Å². The Morgan fingerprint density at radius 1 is 1.16 bits per heavy atom. The fraction of sp³-hybridized carbons (Fsp3) is 0.130. The number of carbonyl (C=O) groups is 1. The first-order valence-corrected chi connectivity index (χ1v) is 10.9. The SMILES string of the molecule is COc1cc(-c2cc(N=C(NC(=O)c3cn(C)nc3C(F)(F)F)Nc3ccc(F)cc3Cl)n[nH]2)ccc1F. The normalized spacial score (nSPS) is 11.9. The minimum atomic E-state index is -4.90. The Bertz CT molecular complexity index is 1530. The van der Waals surface area contributed by atoms with Gasteiger partial charge >= 0.3 is 6.18 Å². The van der Waals surface area contributed by atoms with Gasteiger partial charge in [0.2, 0.25) is 5.96 Å². The summed E-state index contributed by atoms with van der Waals surface area (Å²) in [5, 5.41) is 14.8. The molecule has 4 aromatic rings. The lowest BCUT2D eigenvalue weighted by molar-refractivity contribution is -0.141. The average molecular weight is 554 g/mol. The van der Waals surface area contributed by atoms with Crippen LogP contribution in [0, 0.1) is 11.6 Å². The van der Waals surface area contributed by atoms with Crippen molar-refractivity contribution in [2.24, 2.45) is 12.0 Å². The summed E-state index contributed by atoms with van der Waals surface area (Å²) in [4.78, 5) is 17.0. The van der Waals surface area contributed by atoms with Crippen LogP contribution in [0.25, 0.3) is 11.3 Å². The molecule has 2 heterocycles. The third-order valence-corrected chi connectivity index (χ3v) is 5.32. The van der Waals surface area contributed by atoms with Gasteiger partial charge in [0.25, 0.3) is 5.91 Å². The maximum Gasteiger partial charge on any atom is 0.435 e. The second-order valence-corrected chi connectivity index (χ2v) is 8.12. The van der Waals surface area contributed by atoms with Gasteiger partial charge in [-0.3, -0.25) is 19.9 Å². The predicted octanol–water partition coefficient (Wildman–Crippen LogP) is 5.30. The van der Waals surface area contributed by atoms with E-state index in [1.54, 1.807) is 0 Å². The van der Waals surface area contributed by atoms with Crippen molar-refractivity contribution in [3.63, 3.8) is 0 Å². The molecule has 1 amide bonds. The van der Waals surface area contributed by atoms with E-state index in [-0.39, 0.29) is 28.2 Å². The van der Waals surface area contributed by atoms with Gasteiger partial charge in [0.15, 0.2) is 23.1 Å². The number of methoxy groups -OCH3 is 1. The number of alkyl halides is 3. The van der Waals surface area contributed by atoms with E-state index in [0.29, 0.717) is 11.3 Å². The van der Waals surface area contributed by atoms with Crippen LogP contribution in [0.2, 0.25) is 5.02 Å². The van der Waals surface area contributed by atoms with E-state index in [2.05, 4.69) is 30.9 Å². The zero-order valence-corrected chi connectivity index (χ0v) is 20.2. The number of rotatable bonds is 5. The molecular formula is C23H17ClF5N7O2. The van der Waals surface area contributed by atoms with E-state index in [1.807, 2.05) is 0 Å². The molecule has 3 N–H and O–H groups in total. The van der Waals surface area contributed by atoms with Crippen LogP contribution in [0.1, 0.15) is 16.1 Å². The molecule has 198 valence electrons. The molecule has 0 fully saturated rings. The molecule has 0 aliphatic heterocycles. The Kier molecular flexibility index (Phi) is 7.35. The highest BCUT2D eigenvalue weighted by atomic mass is 35.5. The molecule has 0 unspecified atom stereocenters. The Morgan fingerprint density at radius 3 is 2.61 bits per heavy atom. The molecule has 38 heavy (non-hydrogen) atoms. The number of nitrogens with zero attached hydrogens (tertiary/aromatic N) is 4. The lowest BCUT2D eigenvalue weighted by Crippen LogP contribution is -2.36. The topological polar surface area (TPSA) is 109 Å². The van der Waals surface area contributed by atoms with E-state index in [1.165, 1.54) is 44.5 Å². The van der Waals surface area contributed by atoms with Crippen molar-refractivity contribution in [3.8, 4) is 17.0 Å². The number of aromatic amines is 1. The van der Waals surface area contributed by atoms with Crippen molar-refractivity contribution in [1.82, 2.24) is 25.3 Å². The molecule has 0 aliphatic rings. The molecule has 9 nitrogen and oxygen atoms in total. The van der Waals surface area contributed by atoms with Crippen LogP contribution < -0.4 is 15.4 Å². The van der Waals surface area contributed by atoms with Gasteiger partial charge < -0.3 is 10.1 Å². The summed E-state index contributed by atoms with van der Waals surface area (Å²) in [5.41, 5.74) is -1.19. The molecule has 0 bridgehead atoms. The molecule has 0 atom stereocenters. The number of carbonyl (C=O) groups excluding carboxylic acids is 1. The van der Waals surface area contributed by atoms with Gasteiger partial charge in [-0.25, -0.2) is 8.78 Å². The van der Waals surface area contributed by atoms with E-state index in [9.17, 15) is 26.7 Å². The van der Waals surface area contributed by atoms with Gasteiger partial charge in [0.1, 0.15) is 5.82 Å². The quantitative estimate of drug-likeness (QED) is 0.177. The minimum absolute atomic E-state index is 0.0142. The number of ether oxygens (including phenoxy) is 1. The number of guanidine groups is 1. The number of amides is 1. The first kappa shape index (κ1) is 26.6. The van der Waals surface area contributed by atoms with Crippen molar-refractivity contribution < 1.29 is 31.5 Å². The Labute approximate surface area is 216 Å². The third-order valence-electron chi connectivity index (χ3n) is 5.01. The smallest absolute Gasteiger partial charge is 0.435 e. The molecule has 0 radical (unpaired) electrons. The number of benzene rings is 2. The van der Waals surface area contributed by atoms with Crippen LogP contribution in [-0.4, -0.2) is 39.0 Å². The number of H-pyrrole nitrogens is 1. The second kappa shape index (κ2) is 10.5. The minimum Gasteiger partial charge on any atom is -0.494 e. The molecule has 0 spiro atoms. The Hall–Kier alpha value is -4.46. The summed E-state index contributed by atoms with van der Waals surface area (Å²) in [5.74, 6) is -2.82. The summed E-state index contributed by atoms with van der Waals surface area (Å²) in [6, 6.07) is 8.79. The highest BCUT2D eigenvalue weighted by Crippen LogP contribution is 2.31. The van der Waals surface area contributed by atoms with Crippen molar-refractivity contribution in [3.05, 3.63) is 76.6 Å². The van der Waals surface area contributed by atoms with Crippen molar-refractivity contribution in [1.29, 1.82) is 0 Å². The molecule has 4 rings (SSSR count). The summed E-state index contributed by atoms with van der Waals surface area (Å²) < 4.78 is 73.2. The predicted molar refractivity (Wildman–Crippen MR) is 128 cm³/mol. The summed E-state index contributed by atoms with van der Waals surface area (Å²) in [7, 11) is 2.53. The molecule has 0 saturated carbocycles. The zero-order valence-electron chi connectivity index (χ0n) is 19.5. The molecular weight excluding hydrogens is 537 g/mol. The largest absolute Gasteiger partial charge is 0.494 e. The van der Waals surface area contributed by atoms with Crippen LogP contribution in [0.3, 0.4) is 0 Å². The van der Waals surface area contributed by atoms with E-state index in [4.69, 9.17) is 16.3 Å². The van der Waals surface area contributed by atoms with Crippen LogP contribution in [0.4, 0.5) is 33.5 Å². The van der Waals surface area contributed by atoms with Crippen molar-refractivity contribution >= 4 is 35.0 Å². The number of aromatic nitrogens is 4. The third kappa shape index (κ3) is 5.91. The van der Waals surface area contributed by atoms with E-state index in [0.717, 1.165) is 23.0 Å². The Morgan fingerprint density at radius 2 is 1.92 bits per heavy atom. The van der Waals surface area contributed by atoms with Gasteiger partial charge in [-0.2, -0.15) is 28.4 Å². The fourth-order valence-corrected chi connectivity index (χ4v) is 3.52. The number of halogens is 6. The van der Waals surface area contributed by atoms with E-state index < -0.39 is 35.0 Å². The van der Waals surface area contributed by atoms with Gasteiger partial charge in [-0.15, -0.1) is 0 Å². The number of nitrogens with one attached hydrogen (secondary N) is 3. The molecule has 0 saturated heterocycles. The van der Waals surface area contributed by atoms with Gasteiger partial charge in [0, 0.05) is 24.9 Å². The van der Waals surface area contributed by atoms with Crippen LogP contribution in [-0.2, 0) is 13.2 Å². The maximum atomic E-state index is 13.8. The monoisotopic (exact) mass is 553 g/mol. The first-order valence-electron chi connectivity index (χ1n) is 10.6. The molecule has 15 heteroatoms. The van der Waals surface area contributed by atoms with E-state index >= 15 is 0 Å². The second-order valence-electron chi connectivity index (χ2n) is 7.72. The average Bonchev–Trinajstić information content (AvgIpc) is 3.48. The number of hydrogen-bond donors (Lipinski definition) is 3. The number of anilines is 1. The van der Waals surface area contributed by atoms with Crippen LogP contribution >= 0.6 is 11.6 Å².